The molecule has 1 saturated heterocycles. The van der Waals surface area contributed by atoms with Gasteiger partial charge < -0.3 is 14.8 Å². The van der Waals surface area contributed by atoms with Gasteiger partial charge in [0.1, 0.15) is 17.3 Å². The first-order valence-electron chi connectivity index (χ1n) is 6.58. The monoisotopic (exact) mass is 263 g/mol. The van der Waals surface area contributed by atoms with Crippen molar-refractivity contribution in [3.05, 3.63) is 23.8 Å². The highest BCUT2D eigenvalue weighted by atomic mass is 16.5. The number of methoxy groups -OCH3 is 2. The van der Waals surface area contributed by atoms with Gasteiger partial charge in [-0.25, -0.2) is 0 Å². The Kier molecular flexibility index (Phi) is 4.10. The molecule has 1 aliphatic rings. The van der Waals surface area contributed by atoms with E-state index >= 15 is 0 Å². The van der Waals surface area contributed by atoms with E-state index in [4.69, 9.17) is 9.47 Å². The molecule has 0 radical (unpaired) electrons. The highest BCUT2D eigenvalue weighted by Crippen LogP contribution is 2.41. The smallest absolute Gasteiger partial charge is 0.140 e. The molecule has 0 atom stereocenters. The van der Waals surface area contributed by atoms with Gasteiger partial charge >= 0.3 is 0 Å². The molecule has 2 rings (SSSR count). The van der Waals surface area contributed by atoms with Gasteiger partial charge in [0.15, 0.2) is 0 Å². The van der Waals surface area contributed by atoms with Crippen molar-refractivity contribution in [2.24, 2.45) is 0 Å². The number of nitrogens with one attached hydrogen (secondary N) is 1. The molecule has 104 valence electrons. The van der Waals surface area contributed by atoms with E-state index in [0.29, 0.717) is 0 Å². The Labute approximate surface area is 114 Å². The molecule has 0 aromatic heterocycles. The van der Waals surface area contributed by atoms with Crippen LogP contribution in [0.25, 0.3) is 0 Å². The van der Waals surface area contributed by atoms with E-state index in [1.54, 1.807) is 21.1 Å². The number of carbonyl (C=O) groups is 1. The number of ether oxygens (including phenoxy) is 2. The molecular formula is C15H21NO3. The second-order valence-corrected chi connectivity index (χ2v) is 4.95. The molecule has 1 heterocycles. The van der Waals surface area contributed by atoms with Crippen LogP contribution in [-0.2, 0) is 10.2 Å². The second kappa shape index (κ2) is 5.61. The minimum Gasteiger partial charge on any atom is -0.497 e. The highest BCUT2D eigenvalue weighted by molar-refractivity contribution is 5.89. The fourth-order valence-electron chi connectivity index (χ4n) is 2.85. The summed E-state index contributed by atoms with van der Waals surface area (Å²) in [6.07, 6.45) is 1.59. The highest BCUT2D eigenvalue weighted by Gasteiger charge is 2.40. The Hall–Kier alpha value is -1.55. The van der Waals surface area contributed by atoms with E-state index in [1.165, 1.54) is 0 Å². The van der Waals surface area contributed by atoms with E-state index in [-0.39, 0.29) is 5.78 Å². The molecule has 1 N–H and O–H groups in total. The molecule has 0 unspecified atom stereocenters. The first-order valence-corrected chi connectivity index (χ1v) is 6.58. The molecular weight excluding hydrogens is 242 g/mol. The number of hydrogen-bond acceptors (Lipinski definition) is 4. The van der Waals surface area contributed by atoms with Gasteiger partial charge in [-0.15, -0.1) is 0 Å². The van der Waals surface area contributed by atoms with Gasteiger partial charge in [0.2, 0.25) is 0 Å². The standard InChI is InChI=1S/C15H21NO3/c1-11(17)15(6-8-16-9-7-15)13-10-12(18-2)4-5-14(13)19-3/h4-5,10,16H,6-9H2,1-3H3. The summed E-state index contributed by atoms with van der Waals surface area (Å²) in [5, 5.41) is 3.31. The van der Waals surface area contributed by atoms with Crippen molar-refractivity contribution in [3.8, 4) is 11.5 Å². The average Bonchev–Trinajstić information content (AvgIpc) is 2.47. The third-order valence-electron chi connectivity index (χ3n) is 4.05. The average molecular weight is 263 g/mol. The van der Waals surface area contributed by atoms with Crippen LogP contribution < -0.4 is 14.8 Å². The molecule has 0 aliphatic carbocycles. The maximum absolute atomic E-state index is 12.3. The molecule has 4 nitrogen and oxygen atoms in total. The van der Waals surface area contributed by atoms with Gasteiger partial charge in [-0.2, -0.15) is 0 Å². The fraction of sp³-hybridized carbons (Fsp3) is 0.533. The molecule has 0 saturated carbocycles. The van der Waals surface area contributed by atoms with Gasteiger partial charge in [-0.3, -0.25) is 4.79 Å². The van der Waals surface area contributed by atoms with Crippen molar-refractivity contribution in [3.63, 3.8) is 0 Å². The Morgan fingerprint density at radius 1 is 1.21 bits per heavy atom. The lowest BCUT2D eigenvalue weighted by atomic mass is 9.70. The zero-order valence-electron chi connectivity index (χ0n) is 11.8. The molecule has 0 spiro atoms. The third kappa shape index (κ3) is 2.45. The zero-order valence-corrected chi connectivity index (χ0v) is 11.8. The molecule has 1 aromatic rings. The fourth-order valence-corrected chi connectivity index (χ4v) is 2.85. The predicted octanol–water partition coefficient (Wildman–Crippen LogP) is 1.91. The molecule has 4 heteroatoms. The SMILES string of the molecule is COc1ccc(OC)c(C2(C(C)=O)CCNCC2)c1. The summed E-state index contributed by atoms with van der Waals surface area (Å²) in [6, 6.07) is 5.67. The maximum atomic E-state index is 12.3. The van der Waals surface area contributed by atoms with Crippen LogP contribution in [0.3, 0.4) is 0 Å². The Morgan fingerprint density at radius 3 is 2.42 bits per heavy atom. The van der Waals surface area contributed by atoms with Crippen LogP contribution in [0.5, 0.6) is 11.5 Å². The van der Waals surface area contributed by atoms with Crippen LogP contribution in [0.15, 0.2) is 18.2 Å². The summed E-state index contributed by atoms with van der Waals surface area (Å²) in [6.45, 7) is 3.37. The zero-order chi connectivity index (χ0) is 13.9. The van der Waals surface area contributed by atoms with E-state index in [9.17, 15) is 4.79 Å². The lowest BCUT2D eigenvalue weighted by Crippen LogP contribution is -2.44. The number of ketones is 1. The summed E-state index contributed by atoms with van der Waals surface area (Å²) in [5.41, 5.74) is 0.494. The van der Waals surface area contributed by atoms with Crippen molar-refractivity contribution in [1.82, 2.24) is 5.32 Å². The van der Waals surface area contributed by atoms with Gasteiger partial charge in [0.05, 0.1) is 19.6 Å². The molecule has 1 aliphatic heterocycles. The maximum Gasteiger partial charge on any atom is 0.140 e. The summed E-state index contributed by atoms with van der Waals surface area (Å²) >= 11 is 0. The van der Waals surface area contributed by atoms with Crippen molar-refractivity contribution in [2.45, 2.75) is 25.2 Å². The second-order valence-electron chi connectivity index (χ2n) is 4.95. The Morgan fingerprint density at radius 2 is 1.89 bits per heavy atom. The molecule has 1 fully saturated rings. The summed E-state index contributed by atoms with van der Waals surface area (Å²) < 4.78 is 10.7. The number of piperidine rings is 1. The van der Waals surface area contributed by atoms with Gasteiger partial charge in [-0.05, 0) is 51.1 Å². The Balaban J connectivity index is 2.54. The van der Waals surface area contributed by atoms with Crippen LogP contribution >= 0.6 is 0 Å². The summed E-state index contributed by atoms with van der Waals surface area (Å²) in [5.74, 6) is 1.72. The van der Waals surface area contributed by atoms with Crippen molar-refractivity contribution >= 4 is 5.78 Å². The number of Topliss-reactive ketones (excluding diaryl/α,β-unsaturated/α-hetero) is 1. The van der Waals surface area contributed by atoms with E-state index in [1.807, 2.05) is 18.2 Å². The van der Waals surface area contributed by atoms with Crippen LogP contribution in [0.2, 0.25) is 0 Å². The number of rotatable bonds is 4. The first kappa shape index (κ1) is 13.9. The number of carbonyl (C=O) groups excluding carboxylic acids is 1. The largest absolute Gasteiger partial charge is 0.497 e. The Bertz CT molecular complexity index is 464. The van der Waals surface area contributed by atoms with Crippen LogP contribution in [-0.4, -0.2) is 33.1 Å². The normalized spacial score (nSPS) is 17.8. The third-order valence-corrected chi connectivity index (χ3v) is 4.05. The lowest BCUT2D eigenvalue weighted by Gasteiger charge is -2.36. The van der Waals surface area contributed by atoms with Crippen LogP contribution in [0.4, 0.5) is 0 Å². The van der Waals surface area contributed by atoms with Gasteiger partial charge in [0, 0.05) is 5.56 Å². The molecule has 0 amide bonds. The van der Waals surface area contributed by atoms with Gasteiger partial charge in [0.25, 0.3) is 0 Å². The quantitative estimate of drug-likeness (QED) is 0.901. The van der Waals surface area contributed by atoms with E-state index in [0.717, 1.165) is 43.0 Å². The van der Waals surface area contributed by atoms with Crippen molar-refractivity contribution in [1.29, 1.82) is 0 Å². The van der Waals surface area contributed by atoms with Crippen molar-refractivity contribution in [2.75, 3.05) is 27.3 Å². The molecule has 1 aromatic carbocycles. The number of hydrogen-bond donors (Lipinski definition) is 1. The van der Waals surface area contributed by atoms with E-state index < -0.39 is 5.41 Å². The minimum absolute atomic E-state index is 0.195. The molecule has 0 bridgehead atoms. The predicted molar refractivity (Wildman–Crippen MR) is 74.0 cm³/mol. The summed E-state index contributed by atoms with van der Waals surface area (Å²) in [4.78, 5) is 12.3. The summed E-state index contributed by atoms with van der Waals surface area (Å²) in [7, 11) is 3.27. The lowest BCUT2D eigenvalue weighted by molar-refractivity contribution is -0.123. The van der Waals surface area contributed by atoms with E-state index in [2.05, 4.69) is 5.32 Å². The van der Waals surface area contributed by atoms with Gasteiger partial charge in [-0.1, -0.05) is 0 Å². The minimum atomic E-state index is -0.453. The first-order chi connectivity index (χ1) is 9.14. The topological polar surface area (TPSA) is 47.6 Å². The van der Waals surface area contributed by atoms with Crippen LogP contribution in [0.1, 0.15) is 25.3 Å². The van der Waals surface area contributed by atoms with Crippen LogP contribution in [0, 0.1) is 0 Å². The number of benzene rings is 1. The molecule has 19 heavy (non-hydrogen) atoms. The van der Waals surface area contributed by atoms with Crippen molar-refractivity contribution < 1.29 is 14.3 Å².